The van der Waals surface area contributed by atoms with Crippen LogP contribution >= 0.6 is 0 Å². The molecule has 0 aliphatic carbocycles. The molecule has 0 aliphatic heterocycles. The van der Waals surface area contributed by atoms with Gasteiger partial charge in [-0.05, 0) is 5.90 Å². The Labute approximate surface area is 72.7 Å². The van der Waals surface area contributed by atoms with Gasteiger partial charge in [0.05, 0.1) is 0 Å². The third-order valence-electron chi connectivity index (χ3n) is 0.664. The number of nitrogens with one attached hydrogen (secondary N) is 1. The maximum absolute atomic E-state index is 9.80. The van der Waals surface area contributed by atoms with Crippen LogP contribution in [0.25, 0.3) is 0 Å². The van der Waals surface area contributed by atoms with E-state index in [-0.39, 0.29) is 22.4 Å². The number of aliphatic carboxylic acids is 1. The Kier molecular flexibility index (Phi) is 6.69. The molecule has 0 aliphatic rings. The Morgan fingerprint density at radius 2 is 2.10 bits per heavy atom. The summed E-state index contributed by atoms with van der Waals surface area (Å²) >= 11 is 0. The fraction of sp³-hybridized carbons (Fsp3) is 0.500. The van der Waals surface area contributed by atoms with Gasteiger partial charge in [0, 0.05) is 6.42 Å². The minimum absolute atomic E-state index is 0. The fourth-order valence-corrected chi connectivity index (χ4v) is 0.263. The number of aliphatic hydroxyl groups excluding tert-OH is 1. The van der Waals surface area contributed by atoms with Crippen molar-refractivity contribution in [1.29, 1.82) is 5.41 Å². The molecule has 6 heteroatoms. The summed E-state index contributed by atoms with van der Waals surface area (Å²) in [6.45, 7) is 0. The smallest absolute Gasteiger partial charge is 0.862 e. The van der Waals surface area contributed by atoms with Gasteiger partial charge in [-0.3, -0.25) is 0 Å². The van der Waals surface area contributed by atoms with E-state index in [1.807, 2.05) is 0 Å². The van der Waals surface area contributed by atoms with Crippen LogP contribution in [-0.2, 0) is 27.2 Å². The topological polar surface area (TPSA) is 104 Å². The van der Waals surface area contributed by atoms with Gasteiger partial charge in [0.1, 0.15) is 0 Å². The number of carboxylic acid groups (broad SMARTS) is 1. The Morgan fingerprint density at radius 1 is 1.70 bits per heavy atom. The summed E-state index contributed by atoms with van der Waals surface area (Å²) in [7, 11) is 0. The Balaban J connectivity index is 0. The average molecular weight is 240 g/mol. The monoisotopic (exact) mass is 239 g/mol. The number of hydrogen-bond donors (Lipinski definition) is 3. The number of rotatable bonds is 3. The molecule has 0 saturated carbocycles. The first kappa shape index (κ1) is 12.3. The molecule has 0 amide bonds. The largest absolute Gasteiger partial charge is 1.00 e. The van der Waals surface area contributed by atoms with Crippen LogP contribution < -0.4 is 5.11 Å². The van der Waals surface area contributed by atoms with E-state index in [0.717, 1.165) is 0 Å². The van der Waals surface area contributed by atoms with Crippen LogP contribution in [0.5, 0.6) is 0 Å². The molecule has 0 fully saturated rings. The van der Waals surface area contributed by atoms with Crippen LogP contribution in [0.3, 0.4) is 0 Å². The molecule has 0 heterocycles. The summed E-state index contributed by atoms with van der Waals surface area (Å²) in [5.41, 5.74) is 0. The number of hydrogen-bond acceptors (Lipinski definition) is 4. The van der Waals surface area contributed by atoms with E-state index < -0.39 is 24.4 Å². The van der Waals surface area contributed by atoms with E-state index in [4.69, 9.17) is 15.6 Å². The average Bonchev–Trinajstić information content (AvgIpc) is 1.63. The maximum atomic E-state index is 9.80. The van der Waals surface area contributed by atoms with Crippen molar-refractivity contribution in [3.63, 3.8) is 0 Å². The van der Waals surface area contributed by atoms with Crippen LogP contribution in [-0.4, -0.2) is 28.2 Å². The van der Waals surface area contributed by atoms with Crippen molar-refractivity contribution in [2.24, 2.45) is 0 Å². The molecule has 0 rings (SSSR count). The summed E-state index contributed by atoms with van der Waals surface area (Å²) < 4.78 is 0. The van der Waals surface area contributed by atoms with Gasteiger partial charge < -0.3 is 20.7 Å². The molecule has 0 aromatic rings. The molecule has 10 heavy (non-hydrogen) atoms. The molecule has 5 nitrogen and oxygen atoms in total. The first-order valence-corrected chi connectivity index (χ1v) is 2.19. The summed E-state index contributed by atoms with van der Waals surface area (Å²) in [5.74, 6) is -2.56. The van der Waals surface area contributed by atoms with E-state index in [0.29, 0.717) is 0 Å². The normalized spacial score (nSPS) is 11.3. The third-order valence-corrected chi connectivity index (χ3v) is 0.664. The Hall–Kier alpha value is -0.360. The first-order chi connectivity index (χ1) is 4.04. The first-order valence-electron chi connectivity index (χ1n) is 2.19. The van der Waals surface area contributed by atoms with Gasteiger partial charge in [0.25, 0.3) is 0 Å². The zero-order valence-electron chi connectivity index (χ0n) is 4.80. The Bertz CT molecular complexity index is 137. The van der Waals surface area contributed by atoms with Crippen molar-refractivity contribution >= 4 is 11.9 Å². The van der Waals surface area contributed by atoms with Crippen molar-refractivity contribution in [3.05, 3.63) is 0 Å². The summed E-state index contributed by atoms with van der Waals surface area (Å²) in [6, 6.07) is 0. The quantitative estimate of drug-likeness (QED) is 0.306. The molecule has 0 spiro atoms. The molecule has 0 aromatic heterocycles. The van der Waals surface area contributed by atoms with Crippen LogP contribution in [0.1, 0.15) is 6.42 Å². The van der Waals surface area contributed by atoms with Gasteiger partial charge in [-0.15, -0.1) is 0 Å². The number of aliphatic hydroxyl groups is 1. The SMILES string of the molecule is N=C([O-])C[C@@H](O)C(=O)O.[Ag+]. The molecule has 3 N–H and O–H groups in total. The van der Waals surface area contributed by atoms with Crippen LogP contribution in [0, 0.1) is 5.41 Å². The zero-order chi connectivity index (χ0) is 7.44. The van der Waals surface area contributed by atoms with Crippen molar-refractivity contribution in [2.45, 2.75) is 12.5 Å². The molecule has 0 unspecified atom stereocenters. The minimum atomic E-state index is -1.73. The van der Waals surface area contributed by atoms with E-state index >= 15 is 0 Å². The summed E-state index contributed by atoms with van der Waals surface area (Å²) in [6.07, 6.45) is -2.37. The molecule has 0 aromatic carbocycles. The molecular formula is C4H6AgNO4. The van der Waals surface area contributed by atoms with E-state index in [9.17, 15) is 9.90 Å². The van der Waals surface area contributed by atoms with Crippen LogP contribution in [0.4, 0.5) is 0 Å². The number of carboxylic acids is 1. The molecular weight excluding hydrogens is 234 g/mol. The fourth-order valence-electron chi connectivity index (χ4n) is 0.263. The van der Waals surface area contributed by atoms with E-state index in [2.05, 4.69) is 0 Å². The van der Waals surface area contributed by atoms with Gasteiger partial charge in [-0.2, -0.15) is 0 Å². The van der Waals surface area contributed by atoms with Crippen molar-refractivity contribution in [3.8, 4) is 0 Å². The van der Waals surface area contributed by atoms with Gasteiger partial charge in [0.15, 0.2) is 6.10 Å². The predicted octanol–water partition coefficient (Wildman–Crippen LogP) is -1.84. The minimum Gasteiger partial charge on any atom is -0.862 e. The van der Waals surface area contributed by atoms with Crippen molar-refractivity contribution < 1.29 is 42.5 Å². The second kappa shape index (κ2) is 5.43. The van der Waals surface area contributed by atoms with Gasteiger partial charge in [-0.1, -0.05) is 0 Å². The second-order valence-corrected chi connectivity index (χ2v) is 1.48. The van der Waals surface area contributed by atoms with Gasteiger partial charge >= 0.3 is 28.3 Å². The number of carbonyl (C=O) groups is 1. The molecule has 0 saturated heterocycles. The Morgan fingerprint density at radius 3 is 2.20 bits per heavy atom. The third kappa shape index (κ3) is 5.77. The van der Waals surface area contributed by atoms with Crippen LogP contribution in [0.2, 0.25) is 0 Å². The molecule has 62 valence electrons. The van der Waals surface area contributed by atoms with Crippen LogP contribution in [0.15, 0.2) is 0 Å². The van der Waals surface area contributed by atoms with E-state index in [1.165, 1.54) is 0 Å². The van der Waals surface area contributed by atoms with Gasteiger partial charge in [0.2, 0.25) is 0 Å². The van der Waals surface area contributed by atoms with E-state index in [1.54, 1.807) is 0 Å². The molecule has 0 radical (unpaired) electrons. The predicted molar refractivity (Wildman–Crippen MR) is 26.0 cm³/mol. The molecule has 1 atom stereocenters. The van der Waals surface area contributed by atoms with Crippen molar-refractivity contribution in [2.75, 3.05) is 0 Å². The standard InChI is InChI=1S/C4H7NO4.Ag/c5-3(7)1-2(6)4(8)9;/h2,6H,1H2,(H2,5,7)(H,8,9);/q;+1/p-1/t2-;/m1./s1. The zero-order valence-corrected chi connectivity index (χ0v) is 6.28. The van der Waals surface area contributed by atoms with Crippen molar-refractivity contribution in [1.82, 2.24) is 0 Å². The summed E-state index contributed by atoms with van der Waals surface area (Å²) in [5, 5.41) is 32.3. The second-order valence-electron chi connectivity index (χ2n) is 1.48. The maximum Gasteiger partial charge on any atom is 1.00 e. The molecule has 0 bridgehead atoms. The summed E-state index contributed by atoms with van der Waals surface area (Å²) in [4.78, 5) is 9.75. The van der Waals surface area contributed by atoms with Gasteiger partial charge in [-0.25, -0.2) is 4.79 Å².